The normalized spacial score (nSPS) is 11.4. The Balaban J connectivity index is 1.79. The van der Waals surface area contributed by atoms with E-state index in [0.29, 0.717) is 5.69 Å². The zero-order valence-electron chi connectivity index (χ0n) is 20.1. The minimum atomic E-state index is -4.52. The Hall–Kier alpha value is -4.47. The van der Waals surface area contributed by atoms with E-state index in [0.717, 1.165) is 32.5 Å². The van der Waals surface area contributed by atoms with Gasteiger partial charge in [0.25, 0.3) is 11.5 Å². The number of hydrogen-bond donors (Lipinski definition) is 0. The van der Waals surface area contributed by atoms with Gasteiger partial charge in [0.15, 0.2) is 0 Å². The highest BCUT2D eigenvalue weighted by Gasteiger charge is 2.30. The predicted octanol–water partition coefficient (Wildman–Crippen LogP) is 4.04. The van der Waals surface area contributed by atoms with Crippen LogP contribution in [0, 0.1) is 6.92 Å². The van der Waals surface area contributed by atoms with Crippen LogP contribution in [0.4, 0.5) is 13.2 Å². The summed E-state index contributed by atoms with van der Waals surface area (Å²) in [7, 11) is 1.51. The average molecular weight is 509 g/mol. The third-order valence-corrected chi connectivity index (χ3v) is 5.77. The molecule has 0 aliphatic rings. The highest BCUT2D eigenvalue weighted by molar-refractivity contribution is 5.91. The number of amides is 1. The molecule has 0 saturated carbocycles. The number of aromatic nitrogens is 3. The molecule has 190 valence electrons. The van der Waals surface area contributed by atoms with Crippen molar-refractivity contribution in [3.63, 3.8) is 0 Å². The zero-order chi connectivity index (χ0) is 26.7. The molecule has 10 heteroatoms. The van der Waals surface area contributed by atoms with E-state index in [1.165, 1.54) is 24.1 Å². The molecule has 0 N–H and O–H groups in total. The summed E-state index contributed by atoms with van der Waals surface area (Å²) in [4.78, 5) is 41.2. The van der Waals surface area contributed by atoms with Gasteiger partial charge in [0, 0.05) is 13.6 Å². The molecular formula is C27H23F3N4O3. The maximum atomic E-state index is 13.3. The summed E-state index contributed by atoms with van der Waals surface area (Å²) in [5.74, 6) is -0.698. The molecule has 0 aliphatic heterocycles. The SMILES string of the molecule is Cc1ccc(-n2nc(C(=O)N(C)Cc3ccccc3)c(=O)n(Cc3ccc(C(F)(F)F)cc3)c2=O)cc1. The monoisotopic (exact) mass is 508 g/mol. The fourth-order valence-electron chi connectivity index (χ4n) is 3.73. The van der Waals surface area contributed by atoms with Gasteiger partial charge < -0.3 is 4.90 Å². The van der Waals surface area contributed by atoms with Gasteiger partial charge in [-0.2, -0.15) is 23.0 Å². The molecule has 0 radical (unpaired) electrons. The first kappa shape index (κ1) is 25.6. The molecule has 1 amide bonds. The molecule has 0 aliphatic carbocycles. The first-order valence-corrected chi connectivity index (χ1v) is 11.3. The fourth-order valence-corrected chi connectivity index (χ4v) is 3.73. The van der Waals surface area contributed by atoms with Crippen LogP contribution < -0.4 is 11.2 Å². The fraction of sp³-hybridized carbons (Fsp3) is 0.185. The molecule has 1 aromatic heterocycles. The lowest BCUT2D eigenvalue weighted by Gasteiger charge is -2.18. The van der Waals surface area contributed by atoms with Crippen molar-refractivity contribution >= 4 is 5.91 Å². The van der Waals surface area contributed by atoms with Crippen molar-refractivity contribution in [1.29, 1.82) is 0 Å². The van der Waals surface area contributed by atoms with Gasteiger partial charge in [-0.05, 0) is 42.3 Å². The molecule has 4 aromatic rings. The van der Waals surface area contributed by atoms with Crippen LogP contribution in [0.5, 0.6) is 0 Å². The Kier molecular flexibility index (Phi) is 7.10. The van der Waals surface area contributed by atoms with Crippen LogP contribution in [0.3, 0.4) is 0 Å². The van der Waals surface area contributed by atoms with Crippen LogP contribution in [0.2, 0.25) is 0 Å². The van der Waals surface area contributed by atoms with E-state index in [1.54, 1.807) is 24.3 Å². The Labute approximate surface area is 210 Å². The summed E-state index contributed by atoms with van der Waals surface area (Å²) in [6.07, 6.45) is -4.52. The van der Waals surface area contributed by atoms with Gasteiger partial charge in [-0.3, -0.25) is 14.2 Å². The molecule has 1 heterocycles. The Morgan fingerprint density at radius 1 is 0.892 bits per heavy atom. The molecule has 4 rings (SSSR count). The molecule has 0 spiro atoms. The minimum absolute atomic E-state index is 0.198. The van der Waals surface area contributed by atoms with Crippen LogP contribution >= 0.6 is 0 Å². The van der Waals surface area contributed by atoms with Crippen molar-refractivity contribution in [3.8, 4) is 5.69 Å². The topological polar surface area (TPSA) is 77.2 Å². The molecule has 0 bridgehead atoms. The highest BCUT2D eigenvalue weighted by Crippen LogP contribution is 2.29. The number of nitrogens with zero attached hydrogens (tertiary/aromatic N) is 4. The van der Waals surface area contributed by atoms with Crippen molar-refractivity contribution in [2.75, 3.05) is 7.05 Å². The quantitative estimate of drug-likeness (QED) is 0.394. The Morgan fingerprint density at radius 2 is 1.51 bits per heavy atom. The Bertz CT molecular complexity index is 1530. The van der Waals surface area contributed by atoms with E-state index in [4.69, 9.17) is 0 Å². The summed E-state index contributed by atoms with van der Waals surface area (Å²) in [6.45, 7) is 1.72. The lowest BCUT2D eigenvalue weighted by Crippen LogP contribution is -2.46. The standard InChI is InChI=1S/C27H23F3N4O3/c1-18-8-14-22(15-9-18)34-26(37)33(17-20-10-12-21(13-11-20)27(28,29)30)25(36)23(31-34)24(35)32(2)16-19-6-4-3-5-7-19/h3-15H,16-17H2,1-2H3. The van der Waals surface area contributed by atoms with Crippen LogP contribution in [0.15, 0.2) is 88.5 Å². The molecular weight excluding hydrogens is 485 g/mol. The van der Waals surface area contributed by atoms with Gasteiger partial charge in [-0.25, -0.2) is 4.79 Å². The van der Waals surface area contributed by atoms with Crippen LogP contribution in [-0.4, -0.2) is 32.2 Å². The van der Waals surface area contributed by atoms with E-state index in [2.05, 4.69) is 5.10 Å². The van der Waals surface area contributed by atoms with Gasteiger partial charge in [0.1, 0.15) is 0 Å². The van der Waals surface area contributed by atoms with Crippen molar-refractivity contribution in [2.24, 2.45) is 0 Å². The van der Waals surface area contributed by atoms with Gasteiger partial charge >= 0.3 is 11.9 Å². The molecule has 3 aromatic carbocycles. The maximum absolute atomic E-state index is 13.3. The molecule has 0 fully saturated rings. The summed E-state index contributed by atoms with van der Waals surface area (Å²) in [6, 6.07) is 20.0. The summed E-state index contributed by atoms with van der Waals surface area (Å²) in [5, 5.41) is 4.11. The van der Waals surface area contributed by atoms with Gasteiger partial charge in [-0.1, -0.05) is 60.2 Å². The smallest absolute Gasteiger partial charge is 0.336 e. The second kappa shape index (κ2) is 10.3. The number of carbonyl (C=O) groups is 1. The molecule has 7 nitrogen and oxygen atoms in total. The molecule has 37 heavy (non-hydrogen) atoms. The second-order valence-corrected chi connectivity index (χ2v) is 8.61. The summed E-state index contributed by atoms with van der Waals surface area (Å²) >= 11 is 0. The minimum Gasteiger partial charge on any atom is -0.336 e. The van der Waals surface area contributed by atoms with Crippen LogP contribution in [0.1, 0.15) is 32.7 Å². The maximum Gasteiger partial charge on any atom is 0.416 e. The zero-order valence-corrected chi connectivity index (χ0v) is 20.1. The third-order valence-electron chi connectivity index (χ3n) is 5.77. The van der Waals surface area contributed by atoms with E-state index in [9.17, 15) is 27.6 Å². The van der Waals surface area contributed by atoms with E-state index < -0.39 is 34.6 Å². The average Bonchev–Trinajstić information content (AvgIpc) is 2.87. The van der Waals surface area contributed by atoms with Gasteiger partial charge in [0.05, 0.1) is 17.8 Å². The number of aryl methyl sites for hydroxylation is 1. The number of alkyl halides is 3. The van der Waals surface area contributed by atoms with E-state index in [1.807, 2.05) is 37.3 Å². The first-order chi connectivity index (χ1) is 17.5. The van der Waals surface area contributed by atoms with Gasteiger partial charge in [0.2, 0.25) is 5.69 Å². The molecule has 0 atom stereocenters. The second-order valence-electron chi connectivity index (χ2n) is 8.61. The number of benzene rings is 3. The summed E-state index contributed by atoms with van der Waals surface area (Å²) < 4.78 is 40.6. The number of hydrogen-bond acceptors (Lipinski definition) is 4. The van der Waals surface area contributed by atoms with Crippen molar-refractivity contribution in [1.82, 2.24) is 19.2 Å². The van der Waals surface area contributed by atoms with Crippen molar-refractivity contribution in [2.45, 2.75) is 26.2 Å². The van der Waals surface area contributed by atoms with Crippen molar-refractivity contribution < 1.29 is 18.0 Å². The van der Waals surface area contributed by atoms with Gasteiger partial charge in [-0.15, -0.1) is 0 Å². The highest BCUT2D eigenvalue weighted by atomic mass is 19.4. The van der Waals surface area contributed by atoms with Crippen LogP contribution in [-0.2, 0) is 19.3 Å². The molecule has 0 unspecified atom stereocenters. The predicted molar refractivity (Wildman–Crippen MR) is 132 cm³/mol. The third kappa shape index (κ3) is 5.69. The lowest BCUT2D eigenvalue weighted by atomic mass is 10.1. The van der Waals surface area contributed by atoms with Crippen molar-refractivity contribution in [3.05, 3.63) is 128 Å². The van der Waals surface area contributed by atoms with Crippen LogP contribution in [0.25, 0.3) is 5.69 Å². The largest absolute Gasteiger partial charge is 0.416 e. The lowest BCUT2D eigenvalue weighted by molar-refractivity contribution is -0.137. The summed E-state index contributed by atoms with van der Waals surface area (Å²) in [5.41, 5.74) is -0.723. The first-order valence-electron chi connectivity index (χ1n) is 11.3. The number of carbonyl (C=O) groups excluding carboxylic acids is 1. The molecule has 0 saturated heterocycles. The van der Waals surface area contributed by atoms with E-state index in [-0.39, 0.29) is 18.7 Å². The Morgan fingerprint density at radius 3 is 2.11 bits per heavy atom. The number of rotatable bonds is 6. The van der Waals surface area contributed by atoms with E-state index >= 15 is 0 Å². The number of halogens is 3.